The number of anilines is 1. The summed E-state index contributed by atoms with van der Waals surface area (Å²) in [7, 11) is 0. The molecule has 0 amide bonds. The predicted octanol–water partition coefficient (Wildman–Crippen LogP) is 2.96. The van der Waals surface area contributed by atoms with Crippen molar-refractivity contribution in [1.82, 2.24) is 10.3 Å². The van der Waals surface area contributed by atoms with Gasteiger partial charge in [-0.15, -0.1) is 0 Å². The molecule has 1 unspecified atom stereocenters. The van der Waals surface area contributed by atoms with Gasteiger partial charge < -0.3 is 15.4 Å². The molecule has 8 heteroatoms. The van der Waals surface area contributed by atoms with Crippen LogP contribution in [0, 0.1) is 23.4 Å². The second kappa shape index (κ2) is 5.62. The van der Waals surface area contributed by atoms with E-state index >= 15 is 0 Å². The normalized spacial score (nSPS) is 23.5. The number of benzene rings is 1. The topological polar surface area (TPSA) is 46.2 Å². The second-order valence-electron chi connectivity index (χ2n) is 5.76. The second-order valence-corrected chi connectivity index (χ2v) is 6.17. The Bertz CT molecular complexity index is 815. The van der Waals surface area contributed by atoms with Crippen molar-refractivity contribution >= 4 is 23.1 Å². The highest BCUT2D eigenvalue weighted by Gasteiger charge is 2.57. The van der Waals surface area contributed by atoms with E-state index in [1.807, 2.05) is 0 Å². The van der Waals surface area contributed by atoms with Gasteiger partial charge in [0.2, 0.25) is 0 Å². The molecule has 2 heterocycles. The lowest BCUT2D eigenvalue weighted by Crippen LogP contribution is -2.32. The summed E-state index contributed by atoms with van der Waals surface area (Å²) in [6.07, 6.45) is 1.07. The smallest absolute Gasteiger partial charge is 0.172 e. The molecule has 1 saturated carbocycles. The van der Waals surface area contributed by atoms with Crippen LogP contribution < -0.4 is 15.4 Å². The van der Waals surface area contributed by atoms with E-state index in [2.05, 4.69) is 15.6 Å². The number of fused-ring (bicyclic) bond motifs is 3. The molecule has 1 fully saturated rings. The fourth-order valence-corrected chi connectivity index (χ4v) is 3.35. The average Bonchev–Trinajstić information content (AvgIpc) is 3.26. The zero-order valence-electron chi connectivity index (χ0n) is 12.2. The molecule has 0 radical (unpaired) electrons. The molecule has 2 aliphatic rings. The lowest BCUT2D eigenvalue weighted by molar-refractivity contribution is 0.260. The summed E-state index contributed by atoms with van der Waals surface area (Å²) < 4.78 is 46.0. The summed E-state index contributed by atoms with van der Waals surface area (Å²) in [5.41, 5.74) is 0.256. The highest BCUT2D eigenvalue weighted by atomic mass is 32.1. The van der Waals surface area contributed by atoms with Crippen LogP contribution in [0.2, 0.25) is 0 Å². The first-order chi connectivity index (χ1) is 11.5. The van der Waals surface area contributed by atoms with Crippen LogP contribution in [0.5, 0.6) is 5.75 Å². The Labute approximate surface area is 141 Å². The third-order valence-corrected chi connectivity index (χ3v) is 4.50. The highest BCUT2D eigenvalue weighted by molar-refractivity contribution is 7.80. The Morgan fingerprint density at radius 2 is 1.96 bits per heavy atom. The molecule has 4 rings (SSSR count). The number of rotatable bonds is 2. The molecular weight excluding hydrogens is 339 g/mol. The highest BCUT2D eigenvalue weighted by Crippen LogP contribution is 2.55. The van der Waals surface area contributed by atoms with Crippen molar-refractivity contribution in [2.45, 2.75) is 12.0 Å². The third kappa shape index (κ3) is 2.56. The number of nitrogens with one attached hydrogen (secondary N) is 2. The van der Waals surface area contributed by atoms with Gasteiger partial charge in [0, 0.05) is 23.4 Å². The summed E-state index contributed by atoms with van der Waals surface area (Å²) in [4.78, 5) is 3.85. The molecule has 2 N–H and O–H groups in total. The molecule has 0 bridgehead atoms. The summed E-state index contributed by atoms with van der Waals surface area (Å²) in [6.45, 7) is 0.299. The van der Waals surface area contributed by atoms with Crippen molar-refractivity contribution < 1.29 is 17.9 Å². The molecule has 1 aromatic heterocycles. The number of hydrogen-bond donors (Lipinski definition) is 2. The molecule has 0 saturated heterocycles. The van der Waals surface area contributed by atoms with Gasteiger partial charge in [0.15, 0.2) is 16.7 Å². The molecule has 1 aliphatic carbocycles. The Morgan fingerprint density at radius 3 is 2.71 bits per heavy atom. The van der Waals surface area contributed by atoms with E-state index in [-0.39, 0.29) is 34.3 Å². The number of aromatic nitrogens is 1. The Kier molecular flexibility index (Phi) is 3.56. The average molecular weight is 351 g/mol. The first-order valence-corrected chi connectivity index (χ1v) is 7.75. The Hall–Kier alpha value is -2.35. The van der Waals surface area contributed by atoms with E-state index in [0.717, 1.165) is 18.3 Å². The Morgan fingerprint density at radius 1 is 1.17 bits per heavy atom. The van der Waals surface area contributed by atoms with Crippen molar-refractivity contribution in [1.29, 1.82) is 0 Å². The van der Waals surface area contributed by atoms with Gasteiger partial charge in [-0.1, -0.05) is 0 Å². The predicted molar refractivity (Wildman–Crippen MR) is 85.4 cm³/mol. The molecule has 24 heavy (non-hydrogen) atoms. The summed E-state index contributed by atoms with van der Waals surface area (Å²) >= 11 is 5.20. The third-order valence-electron chi connectivity index (χ3n) is 4.28. The van der Waals surface area contributed by atoms with Gasteiger partial charge in [-0.05, 0) is 36.5 Å². The maximum atomic E-state index is 14.1. The summed E-state index contributed by atoms with van der Waals surface area (Å²) in [5.74, 6) is -1.28. The van der Waals surface area contributed by atoms with Crippen LogP contribution in [0.25, 0.3) is 0 Å². The number of ether oxygens (including phenoxy) is 1. The van der Waals surface area contributed by atoms with Crippen LogP contribution in [0.15, 0.2) is 30.5 Å². The molecule has 4 nitrogen and oxygen atoms in total. The number of thiocarbonyl (C=S) groups is 1. The maximum absolute atomic E-state index is 14.1. The van der Waals surface area contributed by atoms with E-state index in [0.29, 0.717) is 12.4 Å². The fraction of sp³-hybridized carbons (Fsp3) is 0.250. The first-order valence-electron chi connectivity index (χ1n) is 7.34. The van der Waals surface area contributed by atoms with Crippen LogP contribution in [0.1, 0.15) is 11.5 Å². The van der Waals surface area contributed by atoms with Gasteiger partial charge in [-0.3, -0.25) is 0 Å². The van der Waals surface area contributed by atoms with Crippen molar-refractivity contribution in [3.05, 3.63) is 53.5 Å². The van der Waals surface area contributed by atoms with Crippen molar-refractivity contribution in [2.75, 3.05) is 11.9 Å². The summed E-state index contributed by atoms with van der Waals surface area (Å²) in [5, 5.41) is 6.18. The van der Waals surface area contributed by atoms with Crippen LogP contribution in [0.3, 0.4) is 0 Å². The Balaban J connectivity index is 1.47. The van der Waals surface area contributed by atoms with E-state index in [4.69, 9.17) is 17.0 Å². The fourth-order valence-electron chi connectivity index (χ4n) is 3.11. The van der Waals surface area contributed by atoms with E-state index in [1.165, 1.54) is 12.1 Å². The number of hydrogen-bond acceptors (Lipinski definition) is 3. The van der Waals surface area contributed by atoms with Gasteiger partial charge in [0.05, 0.1) is 12.8 Å². The van der Waals surface area contributed by atoms with E-state index < -0.39 is 17.5 Å². The largest absolute Gasteiger partial charge is 0.490 e. The zero-order chi connectivity index (χ0) is 16.8. The molecule has 0 spiro atoms. The van der Waals surface area contributed by atoms with Gasteiger partial charge >= 0.3 is 0 Å². The maximum Gasteiger partial charge on any atom is 0.172 e. The van der Waals surface area contributed by atoms with Crippen molar-refractivity contribution in [3.8, 4) is 5.75 Å². The van der Waals surface area contributed by atoms with Gasteiger partial charge in [-0.25, -0.2) is 18.2 Å². The molecule has 1 aromatic carbocycles. The standard InChI is InChI=1S/C16H12F3N3OS/c17-7-1-4-11(20-5-7)21-16(24)22-14-8-6-23-15-10(19)3-2-9(18)13(15)12(8)14/h1-5,8,12,14H,6H2,(H2,20,21,22,24)/t8-,12-,14?/m0/s1. The minimum absolute atomic E-state index is 0.0142. The zero-order valence-corrected chi connectivity index (χ0v) is 13.0. The van der Waals surface area contributed by atoms with Crippen molar-refractivity contribution in [2.24, 2.45) is 5.92 Å². The van der Waals surface area contributed by atoms with Crippen molar-refractivity contribution in [3.63, 3.8) is 0 Å². The number of nitrogens with zero attached hydrogens (tertiary/aromatic N) is 1. The van der Waals surface area contributed by atoms with Crippen LogP contribution >= 0.6 is 12.2 Å². The molecule has 1 aliphatic heterocycles. The minimum Gasteiger partial charge on any atom is -0.490 e. The van der Waals surface area contributed by atoms with E-state index in [1.54, 1.807) is 0 Å². The first kappa shape index (κ1) is 15.2. The SMILES string of the molecule is Fc1ccc(NC(=S)NC2[C@H]3COc4c(F)ccc(F)c4[C@@H]23)nc1. The van der Waals surface area contributed by atoms with Crippen LogP contribution in [-0.4, -0.2) is 22.7 Å². The number of pyridine rings is 1. The van der Waals surface area contributed by atoms with Gasteiger partial charge in [0.25, 0.3) is 0 Å². The molecular formula is C16H12F3N3OS. The van der Waals surface area contributed by atoms with Gasteiger partial charge in [0.1, 0.15) is 17.5 Å². The lowest BCUT2D eigenvalue weighted by Gasteiger charge is -2.16. The molecule has 3 atom stereocenters. The van der Waals surface area contributed by atoms with E-state index in [9.17, 15) is 13.2 Å². The summed E-state index contributed by atoms with van der Waals surface area (Å²) in [6, 6.07) is 4.73. The monoisotopic (exact) mass is 351 g/mol. The van der Waals surface area contributed by atoms with Crippen LogP contribution in [0.4, 0.5) is 19.0 Å². The van der Waals surface area contributed by atoms with Gasteiger partial charge in [-0.2, -0.15) is 0 Å². The lowest BCUT2D eigenvalue weighted by atomic mass is 10.0. The molecule has 2 aromatic rings. The minimum atomic E-state index is -0.563. The quantitative estimate of drug-likeness (QED) is 0.815. The number of halogens is 3. The van der Waals surface area contributed by atoms with Crippen LogP contribution in [-0.2, 0) is 0 Å². The molecule has 124 valence electrons.